The molecule has 1 radical (unpaired) electrons. The molecular formula is C8H6NOS. The van der Waals surface area contributed by atoms with E-state index in [4.69, 9.17) is 4.42 Å². The number of aromatic nitrogens is 1. The topological polar surface area (TPSA) is 26.0 Å². The summed E-state index contributed by atoms with van der Waals surface area (Å²) in [5, 5.41) is 3.00. The molecule has 2 heterocycles. The molecule has 3 heteroatoms. The highest BCUT2D eigenvalue weighted by atomic mass is 32.1. The van der Waals surface area contributed by atoms with E-state index in [0.717, 1.165) is 10.6 Å². The van der Waals surface area contributed by atoms with E-state index >= 15 is 0 Å². The fourth-order valence-electron chi connectivity index (χ4n) is 0.855. The second-order valence-electron chi connectivity index (χ2n) is 2.17. The summed E-state index contributed by atoms with van der Waals surface area (Å²) in [5.41, 5.74) is 0.897. The van der Waals surface area contributed by atoms with E-state index in [-0.39, 0.29) is 0 Å². The van der Waals surface area contributed by atoms with Crippen molar-refractivity contribution < 1.29 is 4.42 Å². The molecule has 0 unspecified atom stereocenters. The summed E-state index contributed by atoms with van der Waals surface area (Å²) in [6.07, 6.45) is 1.66. The van der Waals surface area contributed by atoms with Gasteiger partial charge in [0, 0.05) is 12.3 Å². The third kappa shape index (κ3) is 1.19. The van der Waals surface area contributed by atoms with Gasteiger partial charge < -0.3 is 4.42 Å². The summed E-state index contributed by atoms with van der Waals surface area (Å²) in [4.78, 5) is 5.28. The van der Waals surface area contributed by atoms with Gasteiger partial charge in [0.2, 0.25) is 0 Å². The van der Waals surface area contributed by atoms with Gasteiger partial charge >= 0.3 is 0 Å². The largest absolute Gasteiger partial charge is 0.449 e. The Morgan fingerprint density at radius 3 is 3.09 bits per heavy atom. The first-order valence-corrected chi connectivity index (χ1v) is 4.06. The summed E-state index contributed by atoms with van der Waals surface area (Å²) < 4.78 is 5.07. The average molecular weight is 164 g/mol. The Kier molecular flexibility index (Phi) is 1.51. The van der Waals surface area contributed by atoms with Crippen LogP contribution in [0.1, 0.15) is 5.89 Å². The van der Waals surface area contributed by atoms with Crippen LogP contribution in [0.4, 0.5) is 0 Å². The highest BCUT2D eigenvalue weighted by Crippen LogP contribution is 2.22. The maximum Gasteiger partial charge on any atom is 0.191 e. The Hall–Kier alpha value is -1.09. The van der Waals surface area contributed by atoms with Crippen molar-refractivity contribution in [3.05, 3.63) is 29.7 Å². The van der Waals surface area contributed by atoms with Crippen LogP contribution in [0.25, 0.3) is 10.6 Å². The summed E-state index contributed by atoms with van der Waals surface area (Å²) in [6, 6.07) is 3.85. The standard InChI is InChI=1S/C8H6NOS/c1-6-9-7(5-10-6)8-3-2-4-11-8/h2-3,5H,1H3. The smallest absolute Gasteiger partial charge is 0.191 e. The first kappa shape index (κ1) is 6.61. The molecule has 0 aliphatic carbocycles. The molecule has 0 bridgehead atoms. The molecule has 0 saturated heterocycles. The summed E-state index contributed by atoms with van der Waals surface area (Å²) in [6.45, 7) is 1.83. The number of hydrogen-bond donors (Lipinski definition) is 0. The third-order valence-electron chi connectivity index (χ3n) is 1.34. The monoisotopic (exact) mass is 164 g/mol. The number of thiophene rings is 1. The number of aryl methyl sites for hydroxylation is 1. The van der Waals surface area contributed by atoms with Gasteiger partial charge in [-0.3, -0.25) is 0 Å². The van der Waals surface area contributed by atoms with Crippen molar-refractivity contribution in [3.8, 4) is 10.6 Å². The van der Waals surface area contributed by atoms with Crippen LogP contribution in [-0.2, 0) is 0 Å². The molecule has 0 aliphatic rings. The highest BCUT2D eigenvalue weighted by molar-refractivity contribution is 7.13. The SMILES string of the molecule is Cc1nc(-c2cc[c]s2)co1. The fourth-order valence-corrected chi connectivity index (χ4v) is 1.45. The zero-order valence-corrected chi connectivity index (χ0v) is 6.81. The molecular weight excluding hydrogens is 158 g/mol. The Balaban J connectivity index is 2.45. The molecule has 11 heavy (non-hydrogen) atoms. The van der Waals surface area contributed by atoms with Gasteiger partial charge in [-0.25, -0.2) is 4.98 Å². The van der Waals surface area contributed by atoms with Gasteiger partial charge in [0.05, 0.1) is 4.88 Å². The fraction of sp³-hybridized carbons (Fsp3) is 0.125. The first-order chi connectivity index (χ1) is 5.36. The van der Waals surface area contributed by atoms with Crippen molar-refractivity contribution in [2.24, 2.45) is 0 Å². The Morgan fingerprint density at radius 1 is 1.64 bits per heavy atom. The Labute approximate surface area is 68.5 Å². The summed E-state index contributed by atoms with van der Waals surface area (Å²) in [5.74, 6) is 0.702. The molecule has 2 aromatic heterocycles. The van der Waals surface area contributed by atoms with Gasteiger partial charge in [0.15, 0.2) is 5.89 Å². The maximum atomic E-state index is 5.07. The highest BCUT2D eigenvalue weighted by Gasteiger charge is 2.02. The van der Waals surface area contributed by atoms with E-state index in [1.807, 2.05) is 19.1 Å². The normalized spacial score (nSPS) is 10.3. The van der Waals surface area contributed by atoms with Gasteiger partial charge in [0.1, 0.15) is 12.0 Å². The van der Waals surface area contributed by atoms with Crippen molar-refractivity contribution in [1.82, 2.24) is 4.98 Å². The number of rotatable bonds is 1. The van der Waals surface area contributed by atoms with Crippen molar-refractivity contribution >= 4 is 11.3 Å². The lowest BCUT2D eigenvalue weighted by Gasteiger charge is -1.82. The van der Waals surface area contributed by atoms with Crippen molar-refractivity contribution in [1.29, 1.82) is 0 Å². The summed E-state index contributed by atoms with van der Waals surface area (Å²) >= 11 is 1.54. The van der Waals surface area contributed by atoms with E-state index < -0.39 is 0 Å². The third-order valence-corrected chi connectivity index (χ3v) is 2.16. The Morgan fingerprint density at radius 2 is 2.55 bits per heavy atom. The van der Waals surface area contributed by atoms with Gasteiger partial charge in [-0.1, -0.05) is 0 Å². The molecule has 0 atom stereocenters. The molecule has 0 saturated carbocycles. The van der Waals surface area contributed by atoms with Crippen LogP contribution < -0.4 is 0 Å². The first-order valence-electron chi connectivity index (χ1n) is 3.24. The van der Waals surface area contributed by atoms with Crippen LogP contribution in [-0.4, -0.2) is 4.98 Å². The van der Waals surface area contributed by atoms with Crippen molar-refractivity contribution in [3.63, 3.8) is 0 Å². The molecule has 0 aliphatic heterocycles. The molecule has 2 nitrogen and oxygen atoms in total. The van der Waals surface area contributed by atoms with Crippen LogP contribution in [0, 0.1) is 12.3 Å². The van der Waals surface area contributed by atoms with Gasteiger partial charge in [-0.2, -0.15) is 0 Å². The molecule has 0 spiro atoms. The molecule has 0 amide bonds. The second kappa shape index (κ2) is 2.51. The predicted molar refractivity (Wildman–Crippen MR) is 43.4 cm³/mol. The minimum absolute atomic E-state index is 0.702. The van der Waals surface area contributed by atoms with Crippen LogP contribution in [0.3, 0.4) is 0 Å². The number of hydrogen-bond acceptors (Lipinski definition) is 3. The van der Waals surface area contributed by atoms with Crippen molar-refractivity contribution in [2.75, 3.05) is 0 Å². The van der Waals surface area contributed by atoms with E-state index in [9.17, 15) is 0 Å². The predicted octanol–water partition coefficient (Wildman–Crippen LogP) is 2.51. The van der Waals surface area contributed by atoms with E-state index in [0.29, 0.717) is 5.89 Å². The van der Waals surface area contributed by atoms with Gasteiger partial charge in [0.25, 0.3) is 0 Å². The van der Waals surface area contributed by atoms with Gasteiger partial charge in [-0.15, -0.1) is 11.3 Å². The molecule has 0 fully saturated rings. The van der Waals surface area contributed by atoms with Crippen LogP contribution in [0.2, 0.25) is 0 Å². The quantitative estimate of drug-likeness (QED) is 0.647. The molecule has 0 aromatic carbocycles. The van der Waals surface area contributed by atoms with Gasteiger partial charge in [-0.05, 0) is 12.1 Å². The van der Waals surface area contributed by atoms with E-state index in [1.165, 1.54) is 0 Å². The van der Waals surface area contributed by atoms with Crippen LogP contribution in [0.15, 0.2) is 22.8 Å². The summed E-state index contributed by atoms with van der Waals surface area (Å²) in [7, 11) is 0. The lowest BCUT2D eigenvalue weighted by Crippen LogP contribution is -1.70. The maximum absolute atomic E-state index is 5.07. The Bertz CT molecular complexity index is 337. The minimum Gasteiger partial charge on any atom is -0.449 e. The minimum atomic E-state index is 0.702. The van der Waals surface area contributed by atoms with E-state index in [1.54, 1.807) is 17.6 Å². The van der Waals surface area contributed by atoms with E-state index in [2.05, 4.69) is 10.4 Å². The lowest BCUT2D eigenvalue weighted by molar-refractivity contribution is 0.521. The van der Waals surface area contributed by atoms with Crippen molar-refractivity contribution in [2.45, 2.75) is 6.92 Å². The molecule has 55 valence electrons. The second-order valence-corrected chi connectivity index (χ2v) is 3.05. The van der Waals surface area contributed by atoms with Crippen LogP contribution >= 0.6 is 11.3 Å². The molecule has 2 rings (SSSR count). The molecule has 0 N–H and O–H groups in total. The lowest BCUT2D eigenvalue weighted by atomic mass is 10.4. The zero-order chi connectivity index (χ0) is 7.68. The number of oxazole rings is 1. The molecule has 2 aromatic rings. The average Bonchev–Trinajstić information content (AvgIpc) is 2.55. The van der Waals surface area contributed by atoms with Crippen LogP contribution in [0.5, 0.6) is 0 Å². The number of nitrogens with zero attached hydrogens (tertiary/aromatic N) is 1. The zero-order valence-electron chi connectivity index (χ0n) is 6.00.